The molecule has 0 radical (unpaired) electrons. The molecule has 0 aliphatic heterocycles. The third-order valence-corrected chi connectivity index (χ3v) is 8.03. The first-order chi connectivity index (χ1) is 12.6. The van der Waals surface area contributed by atoms with E-state index in [4.69, 9.17) is 0 Å². The second kappa shape index (κ2) is 8.93. The van der Waals surface area contributed by atoms with Gasteiger partial charge in [0.15, 0.2) is 9.84 Å². The Kier molecular flexibility index (Phi) is 7.12. The number of hydrogen-bond donors (Lipinski definition) is 1. The van der Waals surface area contributed by atoms with E-state index < -0.39 is 14.6 Å². The number of carbonyl (C=O) groups is 1. The summed E-state index contributed by atoms with van der Waals surface area (Å²) in [6, 6.07) is 17.0. The van der Waals surface area contributed by atoms with E-state index in [1.165, 1.54) is 0 Å². The fraction of sp³-hybridized carbons (Fsp3) is 0.381. The standard InChI is InChI=1S/C21H27NO3S2/c1-16(14-26-19-11-6-5-7-12-19)20(23)22-18-10-8-9-17(13-18)15-27(24,25)21(2,3)4/h5-13,16H,14-15H2,1-4H3,(H,22,23). The first kappa shape index (κ1) is 21.5. The largest absolute Gasteiger partial charge is 0.326 e. The minimum atomic E-state index is -3.27. The number of carbonyl (C=O) groups excluding carboxylic acids is 1. The Labute approximate surface area is 166 Å². The molecule has 6 heteroatoms. The first-order valence-corrected chi connectivity index (χ1v) is 11.5. The predicted octanol–water partition coefficient (Wildman–Crippen LogP) is 4.77. The van der Waals surface area contributed by atoms with Crippen LogP contribution in [0.3, 0.4) is 0 Å². The molecule has 0 heterocycles. The summed E-state index contributed by atoms with van der Waals surface area (Å²) in [7, 11) is -3.27. The van der Waals surface area contributed by atoms with Gasteiger partial charge in [0.1, 0.15) is 0 Å². The predicted molar refractivity (Wildman–Crippen MR) is 114 cm³/mol. The van der Waals surface area contributed by atoms with E-state index in [0.29, 0.717) is 17.0 Å². The Morgan fingerprint density at radius 1 is 1.07 bits per heavy atom. The van der Waals surface area contributed by atoms with Crippen molar-refractivity contribution < 1.29 is 13.2 Å². The van der Waals surface area contributed by atoms with Gasteiger partial charge >= 0.3 is 0 Å². The zero-order valence-electron chi connectivity index (χ0n) is 16.2. The van der Waals surface area contributed by atoms with Gasteiger partial charge in [0, 0.05) is 22.3 Å². The Morgan fingerprint density at radius 2 is 1.74 bits per heavy atom. The number of nitrogens with one attached hydrogen (secondary N) is 1. The Bertz CT molecular complexity index is 872. The quantitative estimate of drug-likeness (QED) is 0.674. The summed E-state index contributed by atoms with van der Waals surface area (Å²) in [4.78, 5) is 13.6. The molecule has 146 valence electrons. The summed E-state index contributed by atoms with van der Waals surface area (Å²) >= 11 is 1.64. The maximum Gasteiger partial charge on any atom is 0.228 e. The minimum Gasteiger partial charge on any atom is -0.326 e. The molecule has 1 N–H and O–H groups in total. The molecule has 1 unspecified atom stereocenters. The zero-order valence-corrected chi connectivity index (χ0v) is 17.9. The molecule has 0 bridgehead atoms. The van der Waals surface area contributed by atoms with E-state index in [1.54, 1.807) is 56.8 Å². The van der Waals surface area contributed by atoms with E-state index in [9.17, 15) is 13.2 Å². The van der Waals surface area contributed by atoms with Crippen LogP contribution in [0.5, 0.6) is 0 Å². The molecule has 0 spiro atoms. The van der Waals surface area contributed by atoms with Crippen LogP contribution in [0.2, 0.25) is 0 Å². The molecule has 1 amide bonds. The molecule has 0 aliphatic rings. The topological polar surface area (TPSA) is 63.2 Å². The van der Waals surface area contributed by atoms with Crippen LogP contribution >= 0.6 is 11.8 Å². The number of amides is 1. The average molecular weight is 406 g/mol. The highest BCUT2D eigenvalue weighted by Gasteiger charge is 2.29. The number of sulfone groups is 1. The third-order valence-electron chi connectivity index (χ3n) is 4.18. The second-order valence-corrected chi connectivity index (χ2v) is 11.4. The summed E-state index contributed by atoms with van der Waals surface area (Å²) in [6.07, 6.45) is 0. The number of hydrogen-bond acceptors (Lipinski definition) is 4. The number of benzene rings is 2. The van der Waals surface area contributed by atoms with Crippen LogP contribution in [0.1, 0.15) is 33.3 Å². The van der Waals surface area contributed by atoms with Gasteiger partial charge in [0.05, 0.1) is 10.5 Å². The van der Waals surface area contributed by atoms with Crippen molar-refractivity contribution in [2.24, 2.45) is 5.92 Å². The lowest BCUT2D eigenvalue weighted by Crippen LogP contribution is -2.29. The number of thioether (sulfide) groups is 1. The lowest BCUT2D eigenvalue weighted by atomic mass is 10.2. The third kappa shape index (κ3) is 6.40. The first-order valence-electron chi connectivity index (χ1n) is 8.88. The second-order valence-electron chi connectivity index (χ2n) is 7.59. The molecule has 0 fully saturated rings. The Morgan fingerprint density at radius 3 is 2.37 bits per heavy atom. The average Bonchev–Trinajstić information content (AvgIpc) is 2.59. The molecule has 0 saturated carbocycles. The SMILES string of the molecule is CC(CSc1ccccc1)C(=O)Nc1cccc(CS(=O)(=O)C(C)(C)C)c1. The molecule has 2 rings (SSSR count). The lowest BCUT2D eigenvalue weighted by Gasteiger charge is -2.19. The summed E-state index contributed by atoms with van der Waals surface area (Å²) in [5.74, 6) is 0.388. The maximum atomic E-state index is 12.4. The number of anilines is 1. The highest BCUT2D eigenvalue weighted by atomic mass is 32.2. The van der Waals surface area contributed by atoms with E-state index in [0.717, 1.165) is 4.90 Å². The van der Waals surface area contributed by atoms with Crippen molar-refractivity contribution in [2.75, 3.05) is 11.1 Å². The van der Waals surface area contributed by atoms with Crippen LogP contribution in [0.4, 0.5) is 5.69 Å². The van der Waals surface area contributed by atoms with Gasteiger partial charge in [-0.2, -0.15) is 0 Å². The van der Waals surface area contributed by atoms with E-state index in [2.05, 4.69) is 5.32 Å². The smallest absolute Gasteiger partial charge is 0.228 e. The van der Waals surface area contributed by atoms with E-state index in [-0.39, 0.29) is 17.6 Å². The van der Waals surface area contributed by atoms with Crippen LogP contribution in [0.15, 0.2) is 59.5 Å². The molecule has 0 aliphatic carbocycles. The van der Waals surface area contributed by atoms with Crippen molar-refractivity contribution in [3.63, 3.8) is 0 Å². The molecule has 0 saturated heterocycles. The fourth-order valence-corrected chi connectivity index (χ4v) is 4.25. The van der Waals surface area contributed by atoms with Crippen LogP contribution in [-0.4, -0.2) is 24.8 Å². The molecular weight excluding hydrogens is 378 g/mol. The van der Waals surface area contributed by atoms with Gasteiger partial charge in [-0.25, -0.2) is 8.42 Å². The van der Waals surface area contributed by atoms with Gasteiger partial charge in [-0.3, -0.25) is 4.79 Å². The minimum absolute atomic E-state index is 0.0420. The zero-order chi connectivity index (χ0) is 20.1. The monoisotopic (exact) mass is 405 g/mol. The Balaban J connectivity index is 1.97. The van der Waals surface area contributed by atoms with Crippen molar-refractivity contribution in [2.45, 2.75) is 43.1 Å². The molecule has 2 aromatic rings. The summed E-state index contributed by atoms with van der Waals surface area (Å²) in [6.45, 7) is 6.97. The molecule has 27 heavy (non-hydrogen) atoms. The van der Waals surface area contributed by atoms with Crippen LogP contribution < -0.4 is 5.32 Å². The van der Waals surface area contributed by atoms with Crippen LogP contribution in [-0.2, 0) is 20.4 Å². The van der Waals surface area contributed by atoms with E-state index >= 15 is 0 Å². The summed E-state index contributed by atoms with van der Waals surface area (Å²) in [5.41, 5.74) is 1.30. The highest BCUT2D eigenvalue weighted by molar-refractivity contribution is 7.99. The molecule has 2 aromatic carbocycles. The molecule has 1 atom stereocenters. The van der Waals surface area contributed by atoms with Gasteiger partial charge in [-0.1, -0.05) is 37.3 Å². The van der Waals surface area contributed by atoms with Crippen molar-refractivity contribution in [1.29, 1.82) is 0 Å². The van der Waals surface area contributed by atoms with Crippen molar-refractivity contribution in [3.05, 3.63) is 60.2 Å². The fourth-order valence-electron chi connectivity index (χ4n) is 2.25. The van der Waals surface area contributed by atoms with E-state index in [1.807, 2.05) is 37.3 Å². The van der Waals surface area contributed by atoms with Gasteiger partial charge in [0.25, 0.3) is 0 Å². The molecule has 4 nitrogen and oxygen atoms in total. The van der Waals surface area contributed by atoms with Crippen molar-refractivity contribution in [3.8, 4) is 0 Å². The lowest BCUT2D eigenvalue weighted by molar-refractivity contribution is -0.118. The normalized spacial score (nSPS) is 13.2. The van der Waals surface area contributed by atoms with Crippen molar-refractivity contribution >= 4 is 33.2 Å². The van der Waals surface area contributed by atoms with Crippen LogP contribution in [0, 0.1) is 5.92 Å². The van der Waals surface area contributed by atoms with Crippen LogP contribution in [0.25, 0.3) is 0 Å². The van der Waals surface area contributed by atoms with Crippen molar-refractivity contribution in [1.82, 2.24) is 0 Å². The van der Waals surface area contributed by atoms with Gasteiger partial charge in [-0.15, -0.1) is 11.8 Å². The molecular formula is C21H27NO3S2. The molecule has 0 aromatic heterocycles. The highest BCUT2D eigenvalue weighted by Crippen LogP contribution is 2.23. The maximum absolute atomic E-state index is 12.4. The van der Waals surface area contributed by atoms with Gasteiger partial charge < -0.3 is 5.32 Å². The number of rotatable bonds is 7. The Hall–Kier alpha value is -1.79. The summed E-state index contributed by atoms with van der Waals surface area (Å²) < 4.78 is 24.0. The summed E-state index contributed by atoms with van der Waals surface area (Å²) in [5, 5.41) is 2.90. The van der Waals surface area contributed by atoms with Gasteiger partial charge in [-0.05, 0) is 50.6 Å². The van der Waals surface area contributed by atoms with Gasteiger partial charge in [0.2, 0.25) is 5.91 Å².